The highest BCUT2D eigenvalue weighted by Gasteiger charge is 2.20. The van der Waals surface area contributed by atoms with Crippen LogP contribution in [0.25, 0.3) is 0 Å². The van der Waals surface area contributed by atoms with Crippen LogP contribution in [0.2, 0.25) is 0 Å². The molecule has 0 spiro atoms. The number of aryl methyl sites for hydroxylation is 1. The minimum absolute atomic E-state index is 0.243. The van der Waals surface area contributed by atoms with Gasteiger partial charge in [-0.15, -0.1) is 0 Å². The summed E-state index contributed by atoms with van der Waals surface area (Å²) in [6, 6.07) is 3.76. The Balaban J connectivity index is 2.53. The Hall–Kier alpha value is -0.980. The first kappa shape index (κ1) is 16.1. The zero-order chi connectivity index (χ0) is 14.3. The zero-order valence-electron chi connectivity index (χ0n) is 11.8. The number of sulfonamides is 1. The highest BCUT2D eigenvalue weighted by molar-refractivity contribution is 7.90. The summed E-state index contributed by atoms with van der Waals surface area (Å²) in [5.41, 5.74) is 1.75. The normalized spacial score (nSPS) is 13.4. The molecule has 0 aliphatic carbocycles. The van der Waals surface area contributed by atoms with Gasteiger partial charge in [-0.3, -0.25) is 4.98 Å². The van der Waals surface area contributed by atoms with Crippen LogP contribution in [0, 0.1) is 6.92 Å². The highest BCUT2D eigenvalue weighted by atomic mass is 32.2. The fourth-order valence-electron chi connectivity index (χ4n) is 1.61. The van der Waals surface area contributed by atoms with Crippen molar-refractivity contribution in [1.29, 1.82) is 0 Å². The summed E-state index contributed by atoms with van der Waals surface area (Å²) in [4.78, 5) is 4.17. The lowest BCUT2D eigenvalue weighted by atomic mass is 10.2. The molecular formula is C13H23N3O2S. The molecule has 0 fully saturated rings. The van der Waals surface area contributed by atoms with Crippen LogP contribution in [0.4, 0.5) is 0 Å². The van der Waals surface area contributed by atoms with E-state index in [2.05, 4.69) is 15.0 Å². The number of nitrogens with zero attached hydrogens (tertiary/aromatic N) is 1. The molecule has 0 saturated heterocycles. The van der Waals surface area contributed by atoms with Crippen molar-refractivity contribution in [3.05, 3.63) is 29.6 Å². The fourth-order valence-corrected chi connectivity index (χ4v) is 2.57. The summed E-state index contributed by atoms with van der Waals surface area (Å²) in [5.74, 6) is 0. The van der Waals surface area contributed by atoms with Crippen molar-refractivity contribution in [1.82, 2.24) is 15.0 Å². The van der Waals surface area contributed by atoms with Gasteiger partial charge in [0.1, 0.15) is 0 Å². The second-order valence-corrected chi connectivity index (χ2v) is 6.83. The molecule has 5 nitrogen and oxygen atoms in total. The van der Waals surface area contributed by atoms with Crippen LogP contribution in [-0.2, 0) is 16.6 Å². The standard InChI is InChI=1S/C13H23N3O2S/c1-4-7-14-9-12(3)19(17,18)16-10-13-11(2)6-5-8-15-13/h5-6,8,12,14,16H,4,7,9-10H2,1-3H3. The second-order valence-electron chi connectivity index (χ2n) is 4.65. The molecule has 0 aliphatic rings. The van der Waals surface area contributed by atoms with Gasteiger partial charge in [-0.05, 0) is 38.4 Å². The van der Waals surface area contributed by atoms with E-state index < -0.39 is 15.3 Å². The number of hydrogen-bond acceptors (Lipinski definition) is 4. The Morgan fingerprint density at radius 1 is 1.42 bits per heavy atom. The molecule has 0 radical (unpaired) electrons. The predicted octanol–water partition coefficient (Wildman–Crippen LogP) is 1.20. The van der Waals surface area contributed by atoms with E-state index in [1.165, 1.54) is 0 Å². The van der Waals surface area contributed by atoms with Gasteiger partial charge in [0.05, 0.1) is 17.5 Å². The lowest BCUT2D eigenvalue weighted by molar-refractivity contribution is 0.556. The van der Waals surface area contributed by atoms with Gasteiger partial charge in [0.25, 0.3) is 0 Å². The van der Waals surface area contributed by atoms with Crippen molar-refractivity contribution in [3.8, 4) is 0 Å². The molecule has 2 N–H and O–H groups in total. The molecule has 1 unspecified atom stereocenters. The molecule has 0 amide bonds. The third-order valence-corrected chi connectivity index (χ3v) is 4.72. The van der Waals surface area contributed by atoms with Crippen molar-refractivity contribution in [2.45, 2.75) is 39.0 Å². The Morgan fingerprint density at radius 3 is 2.79 bits per heavy atom. The van der Waals surface area contributed by atoms with Gasteiger partial charge in [0.2, 0.25) is 10.0 Å². The van der Waals surface area contributed by atoms with Gasteiger partial charge in [0.15, 0.2) is 0 Å². The maximum absolute atomic E-state index is 12.0. The van der Waals surface area contributed by atoms with E-state index in [9.17, 15) is 8.42 Å². The zero-order valence-corrected chi connectivity index (χ0v) is 12.6. The second kappa shape index (κ2) is 7.57. The van der Waals surface area contributed by atoms with Gasteiger partial charge >= 0.3 is 0 Å². The van der Waals surface area contributed by atoms with Crippen LogP contribution in [0.5, 0.6) is 0 Å². The Bertz CT molecular complexity index is 488. The molecule has 19 heavy (non-hydrogen) atoms. The third kappa shape index (κ3) is 5.26. The van der Waals surface area contributed by atoms with Crippen molar-refractivity contribution in [2.24, 2.45) is 0 Å². The van der Waals surface area contributed by atoms with E-state index in [1.807, 2.05) is 26.0 Å². The van der Waals surface area contributed by atoms with Crippen LogP contribution in [0.3, 0.4) is 0 Å². The topological polar surface area (TPSA) is 71.1 Å². The lowest BCUT2D eigenvalue weighted by Gasteiger charge is -2.14. The van der Waals surface area contributed by atoms with Crippen LogP contribution in [0.15, 0.2) is 18.3 Å². The number of aromatic nitrogens is 1. The van der Waals surface area contributed by atoms with Crippen LogP contribution >= 0.6 is 0 Å². The smallest absolute Gasteiger partial charge is 0.215 e. The first-order valence-electron chi connectivity index (χ1n) is 6.57. The number of pyridine rings is 1. The highest BCUT2D eigenvalue weighted by Crippen LogP contribution is 2.05. The summed E-state index contributed by atoms with van der Waals surface area (Å²) >= 11 is 0. The maximum Gasteiger partial charge on any atom is 0.215 e. The average Bonchev–Trinajstić information content (AvgIpc) is 2.38. The molecule has 0 bridgehead atoms. The monoisotopic (exact) mass is 285 g/mol. The summed E-state index contributed by atoms with van der Waals surface area (Å²) < 4.78 is 26.7. The van der Waals surface area contributed by atoms with Gasteiger partial charge < -0.3 is 5.32 Å². The number of rotatable bonds is 8. The molecular weight excluding hydrogens is 262 g/mol. The van der Waals surface area contributed by atoms with Gasteiger partial charge in [-0.25, -0.2) is 13.1 Å². The lowest BCUT2D eigenvalue weighted by Crippen LogP contribution is -2.39. The summed E-state index contributed by atoms with van der Waals surface area (Å²) in [5, 5.41) is 2.66. The molecule has 0 saturated carbocycles. The summed E-state index contributed by atoms with van der Waals surface area (Å²) in [7, 11) is -3.31. The molecule has 6 heteroatoms. The van der Waals surface area contributed by atoms with Crippen LogP contribution in [0.1, 0.15) is 31.5 Å². The minimum atomic E-state index is -3.31. The summed E-state index contributed by atoms with van der Waals surface area (Å²) in [6.45, 7) is 7.21. The molecule has 1 atom stereocenters. The largest absolute Gasteiger partial charge is 0.315 e. The molecule has 1 aromatic heterocycles. The first-order chi connectivity index (χ1) is 8.97. The molecule has 1 aromatic rings. The maximum atomic E-state index is 12.0. The van der Waals surface area contributed by atoms with E-state index in [-0.39, 0.29) is 6.54 Å². The molecule has 1 rings (SSSR count). The first-order valence-corrected chi connectivity index (χ1v) is 8.11. The molecule has 108 valence electrons. The molecule has 0 aromatic carbocycles. The SMILES string of the molecule is CCCNCC(C)S(=O)(=O)NCc1ncccc1C. The Kier molecular flexibility index (Phi) is 6.41. The quantitative estimate of drug-likeness (QED) is 0.704. The fraction of sp³-hybridized carbons (Fsp3) is 0.615. The van der Waals surface area contributed by atoms with E-state index in [4.69, 9.17) is 0 Å². The van der Waals surface area contributed by atoms with Gasteiger partial charge in [0, 0.05) is 12.7 Å². The average molecular weight is 285 g/mol. The number of hydrogen-bond donors (Lipinski definition) is 2. The Morgan fingerprint density at radius 2 is 2.16 bits per heavy atom. The molecule has 0 aliphatic heterocycles. The van der Waals surface area contributed by atoms with E-state index in [0.717, 1.165) is 24.2 Å². The van der Waals surface area contributed by atoms with Gasteiger partial charge in [-0.2, -0.15) is 0 Å². The third-order valence-electron chi connectivity index (χ3n) is 2.95. The van der Waals surface area contributed by atoms with E-state index >= 15 is 0 Å². The van der Waals surface area contributed by atoms with E-state index in [1.54, 1.807) is 13.1 Å². The van der Waals surface area contributed by atoms with Crippen molar-refractivity contribution in [2.75, 3.05) is 13.1 Å². The van der Waals surface area contributed by atoms with E-state index in [0.29, 0.717) is 6.54 Å². The van der Waals surface area contributed by atoms with Gasteiger partial charge in [-0.1, -0.05) is 13.0 Å². The van der Waals surface area contributed by atoms with Crippen molar-refractivity contribution >= 4 is 10.0 Å². The summed E-state index contributed by atoms with van der Waals surface area (Å²) in [6.07, 6.45) is 2.66. The van der Waals surface area contributed by atoms with Crippen molar-refractivity contribution < 1.29 is 8.42 Å². The van der Waals surface area contributed by atoms with Crippen LogP contribution < -0.4 is 10.0 Å². The van der Waals surface area contributed by atoms with Crippen molar-refractivity contribution in [3.63, 3.8) is 0 Å². The molecule has 1 heterocycles. The number of nitrogens with one attached hydrogen (secondary N) is 2. The Labute approximate surface area is 115 Å². The van der Waals surface area contributed by atoms with Crippen LogP contribution in [-0.4, -0.2) is 31.7 Å². The predicted molar refractivity (Wildman–Crippen MR) is 77.4 cm³/mol. The minimum Gasteiger partial charge on any atom is -0.315 e.